The maximum absolute atomic E-state index is 12.3. The van der Waals surface area contributed by atoms with Crippen LogP contribution in [-0.4, -0.2) is 11.5 Å². The Morgan fingerprint density at radius 1 is 0.947 bits per heavy atom. The van der Waals surface area contributed by atoms with Crippen LogP contribution in [0.25, 0.3) is 11.1 Å². The molecular weight excluding hydrogens is 257 g/mol. The smallest absolute Gasteiger partial charge is 0.405 e. The van der Waals surface area contributed by atoms with Gasteiger partial charge < -0.3 is 9.84 Å². The summed E-state index contributed by atoms with van der Waals surface area (Å²) >= 11 is 0. The molecule has 19 heavy (non-hydrogen) atoms. The minimum atomic E-state index is -4.72. The molecule has 100 valence electrons. The number of rotatable bonds is 3. The van der Waals surface area contributed by atoms with Crippen LogP contribution in [0.3, 0.4) is 0 Å². The van der Waals surface area contributed by atoms with Crippen molar-refractivity contribution in [1.29, 1.82) is 0 Å². The zero-order valence-electron chi connectivity index (χ0n) is 9.82. The zero-order valence-corrected chi connectivity index (χ0v) is 9.82. The molecule has 0 fully saturated rings. The van der Waals surface area contributed by atoms with Gasteiger partial charge in [-0.2, -0.15) is 0 Å². The van der Waals surface area contributed by atoms with Crippen LogP contribution < -0.4 is 4.74 Å². The van der Waals surface area contributed by atoms with Crippen LogP contribution in [0.5, 0.6) is 5.75 Å². The number of hydrogen-bond donors (Lipinski definition) is 1. The van der Waals surface area contributed by atoms with Gasteiger partial charge in [-0.1, -0.05) is 42.5 Å². The second-order valence-corrected chi connectivity index (χ2v) is 3.90. The summed E-state index contributed by atoms with van der Waals surface area (Å²) in [4.78, 5) is 0. The predicted molar refractivity (Wildman–Crippen MR) is 64.5 cm³/mol. The molecule has 0 unspecified atom stereocenters. The van der Waals surface area contributed by atoms with E-state index >= 15 is 0 Å². The highest BCUT2D eigenvalue weighted by atomic mass is 19.4. The average Bonchev–Trinajstić information content (AvgIpc) is 2.38. The van der Waals surface area contributed by atoms with E-state index in [1.165, 1.54) is 12.1 Å². The Kier molecular flexibility index (Phi) is 3.76. The van der Waals surface area contributed by atoms with Crippen LogP contribution in [0.15, 0.2) is 48.5 Å². The van der Waals surface area contributed by atoms with E-state index in [0.717, 1.165) is 0 Å². The van der Waals surface area contributed by atoms with Crippen molar-refractivity contribution in [3.63, 3.8) is 0 Å². The molecule has 0 atom stereocenters. The lowest BCUT2D eigenvalue weighted by molar-refractivity contribution is -0.274. The lowest BCUT2D eigenvalue weighted by Crippen LogP contribution is -2.17. The van der Waals surface area contributed by atoms with E-state index in [0.29, 0.717) is 16.7 Å². The molecule has 1 N–H and O–H groups in total. The quantitative estimate of drug-likeness (QED) is 0.918. The summed E-state index contributed by atoms with van der Waals surface area (Å²) in [6.07, 6.45) is -4.72. The Bertz CT molecular complexity index is 547. The summed E-state index contributed by atoms with van der Waals surface area (Å²) in [6.45, 7) is -0.110. The Morgan fingerprint density at radius 2 is 1.58 bits per heavy atom. The summed E-state index contributed by atoms with van der Waals surface area (Å²) in [5.41, 5.74) is 1.64. The molecule has 0 amide bonds. The van der Waals surface area contributed by atoms with Gasteiger partial charge in [0.15, 0.2) is 0 Å². The fourth-order valence-corrected chi connectivity index (χ4v) is 1.71. The third-order valence-corrected chi connectivity index (χ3v) is 2.56. The number of halogens is 3. The van der Waals surface area contributed by atoms with Gasteiger partial charge in [0, 0.05) is 5.56 Å². The number of aliphatic hydroxyl groups is 1. The number of ether oxygens (including phenoxy) is 1. The van der Waals surface area contributed by atoms with Gasteiger partial charge in [-0.25, -0.2) is 0 Å². The first kappa shape index (κ1) is 13.4. The summed E-state index contributed by atoms with van der Waals surface area (Å²) in [6, 6.07) is 12.5. The predicted octanol–water partition coefficient (Wildman–Crippen LogP) is 3.74. The molecule has 0 bridgehead atoms. The topological polar surface area (TPSA) is 29.5 Å². The van der Waals surface area contributed by atoms with Crippen LogP contribution >= 0.6 is 0 Å². The third-order valence-electron chi connectivity index (χ3n) is 2.56. The highest BCUT2D eigenvalue weighted by Crippen LogP contribution is 2.33. The highest BCUT2D eigenvalue weighted by molar-refractivity contribution is 5.70. The molecule has 0 aliphatic heterocycles. The first-order valence-electron chi connectivity index (χ1n) is 5.54. The van der Waals surface area contributed by atoms with E-state index in [1.807, 2.05) is 0 Å². The Balaban J connectivity index is 2.38. The molecule has 2 nitrogen and oxygen atoms in total. The lowest BCUT2D eigenvalue weighted by Gasteiger charge is -2.13. The van der Waals surface area contributed by atoms with Crippen LogP contribution in [0.2, 0.25) is 0 Å². The van der Waals surface area contributed by atoms with Crippen molar-refractivity contribution in [2.24, 2.45) is 0 Å². The molecule has 0 radical (unpaired) electrons. The van der Waals surface area contributed by atoms with E-state index in [1.54, 1.807) is 36.4 Å². The van der Waals surface area contributed by atoms with Crippen molar-refractivity contribution < 1.29 is 23.0 Å². The van der Waals surface area contributed by atoms with E-state index < -0.39 is 6.36 Å². The van der Waals surface area contributed by atoms with Crippen LogP contribution in [0.4, 0.5) is 13.2 Å². The van der Waals surface area contributed by atoms with E-state index in [2.05, 4.69) is 4.74 Å². The lowest BCUT2D eigenvalue weighted by atomic mass is 10.0. The molecule has 0 aromatic heterocycles. The Morgan fingerprint density at radius 3 is 2.16 bits per heavy atom. The van der Waals surface area contributed by atoms with Gasteiger partial charge in [0.1, 0.15) is 5.75 Å². The number of hydrogen-bond acceptors (Lipinski definition) is 2. The summed E-state index contributed by atoms with van der Waals surface area (Å²) < 4.78 is 40.9. The minimum Gasteiger partial charge on any atom is -0.405 e. The Hall–Kier alpha value is -2.01. The molecule has 0 aliphatic rings. The van der Waals surface area contributed by atoms with Gasteiger partial charge in [-0.3, -0.25) is 0 Å². The van der Waals surface area contributed by atoms with Gasteiger partial charge in [0.2, 0.25) is 0 Å². The first-order chi connectivity index (χ1) is 8.99. The van der Waals surface area contributed by atoms with Crippen molar-refractivity contribution >= 4 is 0 Å². The van der Waals surface area contributed by atoms with Crippen molar-refractivity contribution in [2.45, 2.75) is 13.0 Å². The average molecular weight is 268 g/mol. The third kappa shape index (κ3) is 3.48. The standard InChI is InChI=1S/C14H11F3O2/c15-14(16,17)19-13-4-2-1-3-12(13)11-7-5-10(9-18)6-8-11/h1-8,18H,9H2. The fraction of sp³-hybridized carbons (Fsp3) is 0.143. The molecule has 2 aromatic carbocycles. The van der Waals surface area contributed by atoms with Crippen molar-refractivity contribution in [1.82, 2.24) is 0 Å². The minimum absolute atomic E-state index is 0.110. The van der Waals surface area contributed by atoms with Gasteiger partial charge in [0.05, 0.1) is 6.61 Å². The maximum Gasteiger partial charge on any atom is 0.573 e. The largest absolute Gasteiger partial charge is 0.573 e. The molecule has 0 saturated heterocycles. The van der Waals surface area contributed by atoms with Crippen LogP contribution in [0, 0.1) is 0 Å². The maximum atomic E-state index is 12.3. The SMILES string of the molecule is OCc1ccc(-c2ccccc2OC(F)(F)F)cc1. The van der Waals surface area contributed by atoms with Gasteiger partial charge >= 0.3 is 6.36 Å². The molecule has 0 aliphatic carbocycles. The second kappa shape index (κ2) is 5.32. The fourth-order valence-electron chi connectivity index (χ4n) is 1.71. The molecule has 0 saturated carbocycles. The Labute approximate surface area is 108 Å². The van der Waals surface area contributed by atoms with E-state index in [-0.39, 0.29) is 12.4 Å². The normalized spacial score (nSPS) is 11.4. The first-order valence-corrected chi connectivity index (χ1v) is 5.54. The molecule has 2 aromatic rings. The zero-order chi connectivity index (χ0) is 13.9. The summed E-state index contributed by atoms with van der Waals surface area (Å²) in [7, 11) is 0. The molecule has 5 heteroatoms. The van der Waals surface area contributed by atoms with Gasteiger partial charge in [0.25, 0.3) is 0 Å². The summed E-state index contributed by atoms with van der Waals surface area (Å²) in [5.74, 6) is -0.244. The van der Waals surface area contributed by atoms with E-state index in [4.69, 9.17) is 5.11 Å². The van der Waals surface area contributed by atoms with Crippen molar-refractivity contribution in [3.05, 3.63) is 54.1 Å². The molecule has 0 spiro atoms. The number of benzene rings is 2. The van der Waals surface area contributed by atoms with Crippen LogP contribution in [-0.2, 0) is 6.61 Å². The van der Waals surface area contributed by atoms with Gasteiger partial charge in [-0.15, -0.1) is 13.2 Å². The summed E-state index contributed by atoms with van der Waals surface area (Å²) in [5, 5.41) is 8.93. The van der Waals surface area contributed by atoms with Gasteiger partial charge in [-0.05, 0) is 17.2 Å². The molecular formula is C14H11F3O2. The number of alkyl halides is 3. The monoisotopic (exact) mass is 268 g/mol. The second-order valence-electron chi connectivity index (χ2n) is 3.90. The number of para-hydroxylation sites is 1. The molecule has 2 rings (SSSR count). The molecule has 0 heterocycles. The van der Waals surface area contributed by atoms with E-state index in [9.17, 15) is 13.2 Å². The van der Waals surface area contributed by atoms with Crippen molar-refractivity contribution in [3.8, 4) is 16.9 Å². The number of aliphatic hydroxyl groups excluding tert-OH is 1. The van der Waals surface area contributed by atoms with Crippen LogP contribution in [0.1, 0.15) is 5.56 Å². The highest BCUT2D eigenvalue weighted by Gasteiger charge is 2.32. The van der Waals surface area contributed by atoms with Crippen molar-refractivity contribution in [2.75, 3.05) is 0 Å².